The maximum atomic E-state index is 12.5. The lowest BCUT2D eigenvalue weighted by molar-refractivity contribution is 0.0834. The van der Waals surface area contributed by atoms with E-state index in [9.17, 15) is 4.79 Å². The van der Waals surface area contributed by atoms with Crippen molar-refractivity contribution in [3.8, 4) is 0 Å². The highest BCUT2D eigenvalue weighted by atomic mass is 16.5. The molecule has 1 saturated heterocycles. The number of nitrogens with one attached hydrogen (secondary N) is 2. The Balaban J connectivity index is 1.69. The van der Waals surface area contributed by atoms with Gasteiger partial charge < -0.3 is 15.2 Å². The lowest BCUT2D eigenvalue weighted by atomic mass is 9.76. The van der Waals surface area contributed by atoms with E-state index in [2.05, 4.69) is 36.6 Å². The average Bonchev–Trinajstić information content (AvgIpc) is 3.21. The number of carbonyl (C=O) groups excluding carboxylic acids is 1. The minimum absolute atomic E-state index is 0.0163. The normalized spacial score (nSPS) is 24.0. The van der Waals surface area contributed by atoms with Crippen LogP contribution in [0.15, 0.2) is 10.6 Å². The molecule has 0 spiro atoms. The number of amides is 1. The summed E-state index contributed by atoms with van der Waals surface area (Å²) < 4.78 is 5.30. The fourth-order valence-electron chi connectivity index (χ4n) is 3.38. The number of hydrogen-bond donors (Lipinski definition) is 2. The molecule has 0 radical (unpaired) electrons. The first kappa shape index (κ1) is 15.5. The van der Waals surface area contributed by atoms with Gasteiger partial charge in [-0.3, -0.25) is 4.79 Å². The Labute approximate surface area is 132 Å². The molecule has 0 aromatic carbocycles. The predicted octanol–water partition coefficient (Wildman–Crippen LogP) is 2.70. The van der Waals surface area contributed by atoms with Gasteiger partial charge in [0.25, 0.3) is 5.91 Å². The number of piperidine rings is 1. The smallest absolute Gasteiger partial charge is 0.273 e. The Morgan fingerprint density at radius 1 is 1.41 bits per heavy atom. The van der Waals surface area contributed by atoms with Gasteiger partial charge in [-0.2, -0.15) is 0 Å². The van der Waals surface area contributed by atoms with Crippen LogP contribution in [-0.2, 0) is 0 Å². The second-order valence-corrected chi connectivity index (χ2v) is 7.81. The summed E-state index contributed by atoms with van der Waals surface area (Å²) in [6.45, 7) is 8.60. The summed E-state index contributed by atoms with van der Waals surface area (Å²) in [4.78, 5) is 12.5. The molecule has 0 bridgehead atoms. The van der Waals surface area contributed by atoms with Crippen molar-refractivity contribution in [1.29, 1.82) is 0 Å². The molecule has 2 unspecified atom stereocenters. The Morgan fingerprint density at radius 3 is 2.77 bits per heavy atom. The molecule has 3 rings (SSSR count). The molecule has 22 heavy (non-hydrogen) atoms. The highest BCUT2D eigenvalue weighted by molar-refractivity contribution is 5.92. The summed E-state index contributed by atoms with van der Waals surface area (Å²) in [6.07, 6.45) is 4.62. The topological polar surface area (TPSA) is 67.2 Å². The quantitative estimate of drug-likeness (QED) is 0.897. The average molecular weight is 305 g/mol. The fourth-order valence-corrected chi connectivity index (χ4v) is 3.38. The number of aromatic nitrogens is 1. The molecule has 1 amide bonds. The van der Waals surface area contributed by atoms with Crippen molar-refractivity contribution >= 4 is 5.91 Å². The van der Waals surface area contributed by atoms with Gasteiger partial charge in [0.1, 0.15) is 5.76 Å². The van der Waals surface area contributed by atoms with Gasteiger partial charge >= 0.3 is 0 Å². The van der Waals surface area contributed by atoms with Gasteiger partial charge in [-0.15, -0.1) is 0 Å². The second-order valence-electron chi connectivity index (χ2n) is 7.81. The molecule has 2 aliphatic rings. The van der Waals surface area contributed by atoms with Crippen molar-refractivity contribution in [3.63, 3.8) is 0 Å². The zero-order chi connectivity index (χ0) is 15.7. The number of hydrogen-bond acceptors (Lipinski definition) is 4. The molecule has 2 N–H and O–H groups in total. The van der Waals surface area contributed by atoms with Crippen molar-refractivity contribution in [2.24, 2.45) is 11.3 Å². The zero-order valence-electron chi connectivity index (χ0n) is 13.8. The number of nitrogens with zero attached hydrogens (tertiary/aromatic N) is 1. The Morgan fingerprint density at radius 2 is 2.18 bits per heavy atom. The van der Waals surface area contributed by atoms with E-state index in [-0.39, 0.29) is 17.4 Å². The standard InChI is InChI=1S/C17H27N3O2/c1-17(2,3)15(12-5-4-8-18-10-12)19-16(21)13-9-14(22-20-13)11-6-7-11/h9,11-12,15,18H,4-8,10H2,1-3H3,(H,19,21). The first-order chi connectivity index (χ1) is 10.4. The molecule has 2 atom stereocenters. The summed E-state index contributed by atoms with van der Waals surface area (Å²) in [5, 5.41) is 10.6. The summed E-state index contributed by atoms with van der Waals surface area (Å²) in [5.74, 6) is 1.69. The summed E-state index contributed by atoms with van der Waals surface area (Å²) in [5.41, 5.74) is 0.433. The minimum atomic E-state index is -0.110. The van der Waals surface area contributed by atoms with Crippen LogP contribution in [0.2, 0.25) is 0 Å². The number of carbonyl (C=O) groups is 1. The van der Waals surface area contributed by atoms with Gasteiger partial charge in [0.15, 0.2) is 5.69 Å². The van der Waals surface area contributed by atoms with E-state index in [1.54, 1.807) is 0 Å². The van der Waals surface area contributed by atoms with Crippen LogP contribution < -0.4 is 10.6 Å². The van der Waals surface area contributed by atoms with Crippen LogP contribution in [0.1, 0.15) is 68.6 Å². The third kappa shape index (κ3) is 3.51. The van der Waals surface area contributed by atoms with Gasteiger partial charge in [-0.05, 0) is 50.1 Å². The fraction of sp³-hybridized carbons (Fsp3) is 0.765. The largest absolute Gasteiger partial charge is 0.360 e. The first-order valence-electron chi connectivity index (χ1n) is 8.43. The molecule has 1 saturated carbocycles. The lowest BCUT2D eigenvalue weighted by Crippen LogP contribution is -2.52. The van der Waals surface area contributed by atoms with Crippen molar-refractivity contribution < 1.29 is 9.32 Å². The van der Waals surface area contributed by atoms with Crippen molar-refractivity contribution in [2.45, 2.75) is 58.4 Å². The summed E-state index contributed by atoms with van der Waals surface area (Å²) in [7, 11) is 0. The number of rotatable bonds is 4. The molecule has 1 aliphatic heterocycles. The zero-order valence-corrected chi connectivity index (χ0v) is 13.8. The Hall–Kier alpha value is -1.36. The highest BCUT2D eigenvalue weighted by Gasteiger charge is 2.35. The molecule has 1 aliphatic carbocycles. The molecular weight excluding hydrogens is 278 g/mol. The predicted molar refractivity (Wildman–Crippen MR) is 84.8 cm³/mol. The van der Waals surface area contributed by atoms with Gasteiger partial charge in [-0.25, -0.2) is 0 Å². The van der Waals surface area contributed by atoms with Crippen LogP contribution in [0.25, 0.3) is 0 Å². The highest BCUT2D eigenvalue weighted by Crippen LogP contribution is 2.40. The monoisotopic (exact) mass is 305 g/mol. The van der Waals surface area contributed by atoms with Crippen molar-refractivity contribution in [3.05, 3.63) is 17.5 Å². The van der Waals surface area contributed by atoms with E-state index >= 15 is 0 Å². The molecular formula is C17H27N3O2. The minimum Gasteiger partial charge on any atom is -0.360 e. The van der Waals surface area contributed by atoms with E-state index in [4.69, 9.17) is 4.52 Å². The molecule has 5 heteroatoms. The maximum Gasteiger partial charge on any atom is 0.273 e. The van der Waals surface area contributed by atoms with Crippen LogP contribution >= 0.6 is 0 Å². The summed E-state index contributed by atoms with van der Waals surface area (Å²) in [6, 6.07) is 1.94. The Kier molecular flexibility index (Phi) is 4.26. The van der Waals surface area contributed by atoms with E-state index in [1.807, 2.05) is 6.07 Å². The van der Waals surface area contributed by atoms with Crippen LogP contribution in [0.5, 0.6) is 0 Å². The van der Waals surface area contributed by atoms with Crippen LogP contribution in [0.3, 0.4) is 0 Å². The van der Waals surface area contributed by atoms with E-state index in [0.29, 0.717) is 17.5 Å². The van der Waals surface area contributed by atoms with Gasteiger partial charge in [0.2, 0.25) is 0 Å². The third-order valence-corrected chi connectivity index (χ3v) is 4.77. The van der Waals surface area contributed by atoms with Gasteiger partial charge in [-0.1, -0.05) is 25.9 Å². The van der Waals surface area contributed by atoms with Crippen LogP contribution in [0, 0.1) is 11.3 Å². The summed E-state index contributed by atoms with van der Waals surface area (Å²) >= 11 is 0. The van der Waals surface area contributed by atoms with Crippen LogP contribution in [0.4, 0.5) is 0 Å². The van der Waals surface area contributed by atoms with Gasteiger partial charge in [0.05, 0.1) is 0 Å². The first-order valence-corrected chi connectivity index (χ1v) is 8.43. The molecule has 122 valence electrons. The van der Waals surface area contributed by atoms with Crippen molar-refractivity contribution in [1.82, 2.24) is 15.8 Å². The van der Waals surface area contributed by atoms with E-state index in [1.165, 1.54) is 6.42 Å². The van der Waals surface area contributed by atoms with E-state index < -0.39 is 0 Å². The molecule has 1 aromatic heterocycles. The molecule has 2 heterocycles. The van der Waals surface area contributed by atoms with Gasteiger partial charge in [0, 0.05) is 18.0 Å². The van der Waals surface area contributed by atoms with Crippen molar-refractivity contribution in [2.75, 3.05) is 13.1 Å². The second kappa shape index (κ2) is 6.03. The molecule has 2 fully saturated rings. The van der Waals surface area contributed by atoms with E-state index in [0.717, 1.165) is 38.1 Å². The SMILES string of the molecule is CC(C)(C)C(NC(=O)c1cc(C2CC2)on1)C1CCCNC1. The third-order valence-electron chi connectivity index (χ3n) is 4.77. The van der Waals surface area contributed by atoms with Crippen LogP contribution in [-0.4, -0.2) is 30.2 Å². The Bertz CT molecular complexity index is 522. The molecule has 5 nitrogen and oxygen atoms in total. The maximum absolute atomic E-state index is 12.5. The lowest BCUT2D eigenvalue weighted by Gasteiger charge is -2.39. The molecule has 1 aromatic rings.